The van der Waals surface area contributed by atoms with Gasteiger partial charge in [-0.1, -0.05) is 19.8 Å². The first-order valence-corrected chi connectivity index (χ1v) is 7.22. The summed E-state index contributed by atoms with van der Waals surface area (Å²) in [6, 6.07) is 0.468. The van der Waals surface area contributed by atoms with E-state index in [4.69, 9.17) is 0 Å². The van der Waals surface area contributed by atoms with Gasteiger partial charge in [-0.3, -0.25) is 4.79 Å². The molecule has 0 aromatic heterocycles. The van der Waals surface area contributed by atoms with Crippen LogP contribution in [-0.4, -0.2) is 25.0 Å². The minimum Gasteiger partial charge on any atom is -0.353 e. The summed E-state index contributed by atoms with van der Waals surface area (Å²) in [5.74, 6) is 1.75. The third-order valence-electron chi connectivity index (χ3n) is 5.20. The molecule has 1 saturated heterocycles. The zero-order valence-electron chi connectivity index (χ0n) is 10.8. The molecule has 1 heterocycles. The van der Waals surface area contributed by atoms with Gasteiger partial charge in [0, 0.05) is 12.6 Å². The molecule has 0 unspecified atom stereocenters. The predicted molar refractivity (Wildman–Crippen MR) is 67.6 cm³/mol. The zero-order chi connectivity index (χ0) is 11.9. The van der Waals surface area contributed by atoms with E-state index in [0.717, 1.165) is 25.4 Å². The first-order valence-electron chi connectivity index (χ1n) is 7.22. The lowest BCUT2D eigenvalue weighted by Gasteiger charge is -2.41. The molecule has 0 aromatic rings. The topological polar surface area (TPSA) is 41.1 Å². The Morgan fingerprint density at radius 3 is 2.94 bits per heavy atom. The van der Waals surface area contributed by atoms with Crippen molar-refractivity contribution in [2.24, 2.45) is 17.3 Å². The molecular formula is C14H24N2O. The zero-order valence-corrected chi connectivity index (χ0v) is 10.8. The largest absolute Gasteiger partial charge is 0.353 e. The SMILES string of the molecule is CC1CC(NC(=O)[C@@]23CCCC[C@H]2CNC3)C1. The van der Waals surface area contributed by atoms with E-state index in [2.05, 4.69) is 17.6 Å². The van der Waals surface area contributed by atoms with Gasteiger partial charge < -0.3 is 10.6 Å². The fraction of sp³-hybridized carbons (Fsp3) is 0.929. The minimum absolute atomic E-state index is 0.0585. The number of hydrogen-bond donors (Lipinski definition) is 2. The number of nitrogens with one attached hydrogen (secondary N) is 2. The molecule has 1 aliphatic heterocycles. The molecule has 2 atom stereocenters. The molecule has 2 saturated carbocycles. The van der Waals surface area contributed by atoms with Crippen molar-refractivity contribution in [3.63, 3.8) is 0 Å². The summed E-state index contributed by atoms with van der Waals surface area (Å²) in [6.45, 7) is 4.22. The third-order valence-corrected chi connectivity index (χ3v) is 5.20. The van der Waals surface area contributed by atoms with E-state index in [9.17, 15) is 4.79 Å². The maximum Gasteiger partial charge on any atom is 0.228 e. The van der Waals surface area contributed by atoms with Crippen LogP contribution in [0.1, 0.15) is 45.4 Å². The summed E-state index contributed by atoms with van der Waals surface area (Å²) in [6.07, 6.45) is 7.23. The second-order valence-corrected chi connectivity index (χ2v) is 6.48. The van der Waals surface area contributed by atoms with Gasteiger partial charge >= 0.3 is 0 Å². The molecule has 0 spiro atoms. The van der Waals surface area contributed by atoms with E-state index in [1.54, 1.807) is 0 Å². The fourth-order valence-corrected chi connectivity index (χ4v) is 4.04. The van der Waals surface area contributed by atoms with Gasteiger partial charge in [-0.2, -0.15) is 0 Å². The van der Waals surface area contributed by atoms with Crippen molar-refractivity contribution in [3.05, 3.63) is 0 Å². The van der Waals surface area contributed by atoms with Gasteiger partial charge in [0.2, 0.25) is 5.91 Å². The molecule has 17 heavy (non-hydrogen) atoms. The van der Waals surface area contributed by atoms with E-state index < -0.39 is 0 Å². The Balaban J connectivity index is 1.66. The van der Waals surface area contributed by atoms with Crippen LogP contribution < -0.4 is 10.6 Å². The Labute approximate surface area is 104 Å². The van der Waals surface area contributed by atoms with Gasteiger partial charge in [0.15, 0.2) is 0 Å². The van der Waals surface area contributed by atoms with Gasteiger partial charge in [0.05, 0.1) is 5.41 Å². The maximum atomic E-state index is 12.6. The molecule has 0 bridgehead atoms. The highest BCUT2D eigenvalue weighted by Gasteiger charge is 2.50. The van der Waals surface area contributed by atoms with Gasteiger partial charge in [-0.15, -0.1) is 0 Å². The van der Waals surface area contributed by atoms with Crippen molar-refractivity contribution in [2.75, 3.05) is 13.1 Å². The Bertz CT molecular complexity index is 311. The summed E-state index contributed by atoms with van der Waals surface area (Å²) in [5.41, 5.74) is -0.0585. The molecule has 0 radical (unpaired) electrons. The van der Waals surface area contributed by atoms with E-state index in [0.29, 0.717) is 17.9 Å². The monoisotopic (exact) mass is 236 g/mol. The van der Waals surface area contributed by atoms with Crippen LogP contribution in [0, 0.1) is 17.3 Å². The third kappa shape index (κ3) is 1.88. The number of amides is 1. The Morgan fingerprint density at radius 2 is 2.18 bits per heavy atom. The van der Waals surface area contributed by atoms with Gasteiger partial charge in [0.25, 0.3) is 0 Å². The first kappa shape index (κ1) is 11.5. The van der Waals surface area contributed by atoms with Crippen LogP contribution in [0.25, 0.3) is 0 Å². The standard InChI is InChI=1S/C14H24N2O/c1-10-6-12(7-10)16-13(17)14-5-3-2-4-11(14)8-15-9-14/h10-12,15H,2-9H2,1H3,(H,16,17)/t10?,11-,12?,14+/m0/s1. The quantitative estimate of drug-likeness (QED) is 0.766. The summed E-state index contributed by atoms with van der Waals surface area (Å²) < 4.78 is 0. The van der Waals surface area contributed by atoms with Crippen LogP contribution >= 0.6 is 0 Å². The summed E-state index contributed by atoms with van der Waals surface area (Å²) in [4.78, 5) is 12.6. The van der Waals surface area contributed by atoms with Crippen molar-refractivity contribution in [3.8, 4) is 0 Å². The lowest BCUT2D eigenvalue weighted by Crippen LogP contribution is -2.53. The molecule has 3 rings (SSSR count). The highest BCUT2D eigenvalue weighted by molar-refractivity contribution is 5.84. The van der Waals surface area contributed by atoms with Gasteiger partial charge in [-0.05, 0) is 44.1 Å². The number of rotatable bonds is 2. The van der Waals surface area contributed by atoms with Crippen LogP contribution in [0.4, 0.5) is 0 Å². The van der Waals surface area contributed by atoms with Crippen molar-refractivity contribution in [1.82, 2.24) is 10.6 Å². The van der Waals surface area contributed by atoms with Crippen molar-refractivity contribution in [2.45, 2.75) is 51.5 Å². The molecule has 3 fully saturated rings. The number of carbonyl (C=O) groups excluding carboxylic acids is 1. The van der Waals surface area contributed by atoms with Gasteiger partial charge in [0.1, 0.15) is 0 Å². The summed E-state index contributed by atoms with van der Waals surface area (Å²) in [7, 11) is 0. The Hall–Kier alpha value is -0.570. The summed E-state index contributed by atoms with van der Waals surface area (Å²) in [5, 5.41) is 6.74. The second-order valence-electron chi connectivity index (χ2n) is 6.48. The van der Waals surface area contributed by atoms with E-state index in [1.807, 2.05) is 0 Å². The number of fused-ring (bicyclic) bond motifs is 1. The number of carbonyl (C=O) groups is 1. The Morgan fingerprint density at radius 1 is 1.35 bits per heavy atom. The molecule has 3 heteroatoms. The first-order chi connectivity index (χ1) is 8.21. The molecular weight excluding hydrogens is 212 g/mol. The smallest absolute Gasteiger partial charge is 0.228 e. The lowest BCUT2D eigenvalue weighted by molar-refractivity contribution is -0.135. The molecule has 2 N–H and O–H groups in total. The molecule has 96 valence electrons. The van der Waals surface area contributed by atoms with Crippen LogP contribution in [0.15, 0.2) is 0 Å². The Kier molecular flexibility index (Phi) is 2.89. The second kappa shape index (κ2) is 4.27. The molecule has 2 aliphatic carbocycles. The van der Waals surface area contributed by atoms with E-state index in [1.165, 1.54) is 32.1 Å². The highest BCUT2D eigenvalue weighted by atomic mass is 16.2. The van der Waals surface area contributed by atoms with Crippen molar-refractivity contribution >= 4 is 5.91 Å². The number of hydrogen-bond acceptors (Lipinski definition) is 2. The maximum absolute atomic E-state index is 12.6. The molecule has 3 aliphatic rings. The van der Waals surface area contributed by atoms with Crippen LogP contribution in [-0.2, 0) is 4.79 Å². The average Bonchev–Trinajstić information content (AvgIpc) is 2.71. The molecule has 3 nitrogen and oxygen atoms in total. The van der Waals surface area contributed by atoms with Crippen LogP contribution in [0.3, 0.4) is 0 Å². The predicted octanol–water partition coefficient (Wildman–Crippen LogP) is 1.68. The van der Waals surface area contributed by atoms with Crippen molar-refractivity contribution in [1.29, 1.82) is 0 Å². The summed E-state index contributed by atoms with van der Waals surface area (Å²) >= 11 is 0. The highest BCUT2D eigenvalue weighted by Crippen LogP contribution is 2.44. The normalized spacial score (nSPS) is 44.9. The molecule has 0 aromatic carbocycles. The van der Waals surface area contributed by atoms with E-state index in [-0.39, 0.29) is 5.41 Å². The van der Waals surface area contributed by atoms with Crippen molar-refractivity contribution < 1.29 is 4.79 Å². The van der Waals surface area contributed by atoms with Crippen LogP contribution in [0.2, 0.25) is 0 Å². The van der Waals surface area contributed by atoms with Crippen LogP contribution in [0.5, 0.6) is 0 Å². The fourth-order valence-electron chi connectivity index (χ4n) is 4.04. The average molecular weight is 236 g/mol. The lowest BCUT2D eigenvalue weighted by atomic mass is 9.67. The molecule has 1 amide bonds. The minimum atomic E-state index is -0.0585. The van der Waals surface area contributed by atoms with Gasteiger partial charge in [-0.25, -0.2) is 0 Å². The van der Waals surface area contributed by atoms with E-state index >= 15 is 0 Å².